The first-order chi connectivity index (χ1) is 9.46. The zero-order valence-electron chi connectivity index (χ0n) is 13.4. The van der Waals surface area contributed by atoms with Gasteiger partial charge < -0.3 is 10.2 Å². The predicted octanol–water partition coefficient (Wildman–Crippen LogP) is 2.44. The van der Waals surface area contributed by atoms with E-state index in [0.717, 1.165) is 26.1 Å². The monoisotopic (exact) mass is 281 g/mol. The highest BCUT2D eigenvalue weighted by Crippen LogP contribution is 2.40. The van der Waals surface area contributed by atoms with Crippen LogP contribution in [-0.4, -0.2) is 48.0 Å². The van der Waals surface area contributed by atoms with Gasteiger partial charge in [-0.1, -0.05) is 25.0 Å². The van der Waals surface area contributed by atoms with Gasteiger partial charge >= 0.3 is 0 Å². The van der Waals surface area contributed by atoms with E-state index in [1.54, 1.807) is 11.1 Å². The van der Waals surface area contributed by atoms with E-state index in [2.05, 4.69) is 25.7 Å². The van der Waals surface area contributed by atoms with Gasteiger partial charge in [0.05, 0.1) is 0 Å². The molecule has 1 fully saturated rings. The second kappa shape index (κ2) is 6.59. The predicted molar refractivity (Wildman–Crippen MR) is 82.5 cm³/mol. The molecule has 2 rings (SSSR count). The Morgan fingerprint density at radius 1 is 1.15 bits per heavy atom. The molecule has 0 saturated carbocycles. The summed E-state index contributed by atoms with van der Waals surface area (Å²) in [6.07, 6.45) is 4.78. The highest BCUT2D eigenvalue weighted by atomic mass is 16.3. The summed E-state index contributed by atoms with van der Waals surface area (Å²) >= 11 is 0. The summed E-state index contributed by atoms with van der Waals surface area (Å²) in [7, 11) is 0. The van der Waals surface area contributed by atoms with Crippen molar-refractivity contribution in [2.24, 2.45) is 17.3 Å². The van der Waals surface area contributed by atoms with Crippen LogP contribution < -0.4 is 0 Å². The van der Waals surface area contributed by atoms with Crippen LogP contribution in [0.1, 0.15) is 46.5 Å². The van der Waals surface area contributed by atoms with Gasteiger partial charge in [0.2, 0.25) is 0 Å². The van der Waals surface area contributed by atoms with Gasteiger partial charge in [-0.2, -0.15) is 0 Å². The van der Waals surface area contributed by atoms with Gasteiger partial charge in [-0.25, -0.2) is 0 Å². The molecule has 1 aliphatic heterocycles. The molecular weight excluding hydrogens is 250 g/mol. The largest absolute Gasteiger partial charge is 0.396 e. The standard InChI is InChI=1S/C17H31NO2/c1-13-5-4-6-17(2,3)16(13)10-18-8-14(11-19)7-15(9-18)12-20/h14-15,19-20H,4-12H2,1-3H3/t14-,15+. The maximum Gasteiger partial charge on any atom is 0.0471 e. The summed E-state index contributed by atoms with van der Waals surface area (Å²) in [5, 5.41) is 18.9. The molecule has 0 unspecified atom stereocenters. The molecule has 0 aromatic rings. The molecule has 0 bridgehead atoms. The maximum atomic E-state index is 9.46. The minimum absolute atomic E-state index is 0.244. The van der Waals surface area contributed by atoms with Crippen LogP contribution in [0.4, 0.5) is 0 Å². The number of rotatable bonds is 4. The number of likely N-dealkylation sites (tertiary alicyclic amines) is 1. The number of allylic oxidation sites excluding steroid dienone is 1. The van der Waals surface area contributed by atoms with Crippen molar-refractivity contribution >= 4 is 0 Å². The molecule has 0 radical (unpaired) electrons. The van der Waals surface area contributed by atoms with Crippen molar-refractivity contribution in [1.29, 1.82) is 0 Å². The van der Waals surface area contributed by atoms with Crippen LogP contribution in [-0.2, 0) is 0 Å². The summed E-state index contributed by atoms with van der Waals surface area (Å²) in [6.45, 7) is 10.5. The Morgan fingerprint density at radius 2 is 1.75 bits per heavy atom. The van der Waals surface area contributed by atoms with Gasteiger partial charge in [0.1, 0.15) is 0 Å². The lowest BCUT2D eigenvalue weighted by Gasteiger charge is -2.41. The SMILES string of the molecule is CC1=C(CN2C[C@H](CO)C[C@H](CO)C2)C(C)(C)CCC1. The summed E-state index contributed by atoms with van der Waals surface area (Å²) in [5.41, 5.74) is 3.47. The van der Waals surface area contributed by atoms with Gasteiger partial charge in [0.25, 0.3) is 0 Å². The summed E-state index contributed by atoms with van der Waals surface area (Å²) in [4.78, 5) is 2.46. The van der Waals surface area contributed by atoms with Crippen LogP contribution in [0, 0.1) is 17.3 Å². The average Bonchev–Trinajstić information content (AvgIpc) is 2.42. The Kier molecular flexibility index (Phi) is 5.27. The Hall–Kier alpha value is -0.380. The zero-order chi connectivity index (χ0) is 14.8. The maximum absolute atomic E-state index is 9.46. The number of hydrogen-bond acceptors (Lipinski definition) is 3. The normalized spacial score (nSPS) is 31.6. The van der Waals surface area contributed by atoms with Gasteiger partial charge in [-0.3, -0.25) is 4.90 Å². The van der Waals surface area contributed by atoms with E-state index >= 15 is 0 Å². The van der Waals surface area contributed by atoms with Crippen molar-refractivity contribution in [2.75, 3.05) is 32.8 Å². The fourth-order valence-corrected chi connectivity index (χ4v) is 4.07. The molecule has 2 N–H and O–H groups in total. The molecule has 0 spiro atoms. The fraction of sp³-hybridized carbons (Fsp3) is 0.882. The molecule has 1 saturated heterocycles. The Bertz CT molecular complexity index is 350. The minimum Gasteiger partial charge on any atom is -0.396 e. The van der Waals surface area contributed by atoms with E-state index in [-0.39, 0.29) is 13.2 Å². The molecular formula is C17H31NO2. The van der Waals surface area contributed by atoms with Crippen molar-refractivity contribution in [2.45, 2.75) is 46.5 Å². The van der Waals surface area contributed by atoms with E-state index in [0.29, 0.717) is 17.3 Å². The lowest BCUT2D eigenvalue weighted by Crippen LogP contribution is -2.45. The molecule has 1 heterocycles. The average molecular weight is 281 g/mol. The minimum atomic E-state index is 0.244. The molecule has 20 heavy (non-hydrogen) atoms. The quantitative estimate of drug-likeness (QED) is 0.778. The van der Waals surface area contributed by atoms with Crippen LogP contribution in [0.3, 0.4) is 0 Å². The van der Waals surface area contributed by atoms with Crippen LogP contribution in [0.15, 0.2) is 11.1 Å². The third kappa shape index (κ3) is 3.63. The number of nitrogens with zero attached hydrogens (tertiary/aromatic N) is 1. The van der Waals surface area contributed by atoms with Crippen molar-refractivity contribution < 1.29 is 10.2 Å². The summed E-state index contributed by atoms with van der Waals surface area (Å²) < 4.78 is 0. The Balaban J connectivity index is 2.07. The Labute approximate surface area is 123 Å². The second-order valence-corrected chi connectivity index (χ2v) is 7.52. The molecule has 1 aliphatic carbocycles. The molecule has 2 atom stereocenters. The number of hydrogen-bond donors (Lipinski definition) is 2. The first-order valence-electron chi connectivity index (χ1n) is 8.09. The van der Waals surface area contributed by atoms with Gasteiger partial charge in [0, 0.05) is 32.8 Å². The topological polar surface area (TPSA) is 43.7 Å². The second-order valence-electron chi connectivity index (χ2n) is 7.52. The summed E-state index contributed by atoms with van der Waals surface area (Å²) in [6, 6.07) is 0. The van der Waals surface area contributed by atoms with Crippen LogP contribution in [0.25, 0.3) is 0 Å². The highest BCUT2D eigenvalue weighted by molar-refractivity contribution is 5.24. The van der Waals surface area contributed by atoms with Gasteiger partial charge in [0.15, 0.2) is 0 Å². The van der Waals surface area contributed by atoms with E-state index in [9.17, 15) is 10.2 Å². The summed E-state index contributed by atoms with van der Waals surface area (Å²) in [5.74, 6) is 0.655. The highest BCUT2D eigenvalue weighted by Gasteiger charge is 2.32. The molecule has 0 aromatic carbocycles. The van der Waals surface area contributed by atoms with E-state index in [1.165, 1.54) is 19.3 Å². The van der Waals surface area contributed by atoms with Crippen molar-refractivity contribution in [3.63, 3.8) is 0 Å². The number of aliphatic hydroxyl groups excluding tert-OH is 2. The van der Waals surface area contributed by atoms with Crippen LogP contribution in [0.5, 0.6) is 0 Å². The van der Waals surface area contributed by atoms with E-state index in [4.69, 9.17) is 0 Å². The Morgan fingerprint density at radius 3 is 2.25 bits per heavy atom. The number of piperidine rings is 1. The van der Waals surface area contributed by atoms with Gasteiger partial charge in [-0.15, -0.1) is 0 Å². The van der Waals surface area contributed by atoms with Crippen molar-refractivity contribution in [3.8, 4) is 0 Å². The lowest BCUT2D eigenvalue weighted by molar-refractivity contribution is 0.0598. The smallest absolute Gasteiger partial charge is 0.0471 e. The molecule has 3 nitrogen and oxygen atoms in total. The van der Waals surface area contributed by atoms with Crippen molar-refractivity contribution in [1.82, 2.24) is 4.90 Å². The van der Waals surface area contributed by atoms with E-state index in [1.807, 2.05) is 0 Å². The molecule has 0 amide bonds. The van der Waals surface area contributed by atoms with Crippen LogP contribution >= 0.6 is 0 Å². The third-order valence-electron chi connectivity index (χ3n) is 5.28. The lowest BCUT2D eigenvalue weighted by atomic mass is 9.72. The van der Waals surface area contributed by atoms with Gasteiger partial charge in [-0.05, 0) is 49.9 Å². The zero-order valence-corrected chi connectivity index (χ0v) is 13.4. The van der Waals surface area contributed by atoms with Crippen molar-refractivity contribution in [3.05, 3.63) is 11.1 Å². The first kappa shape index (κ1) is 16.0. The first-order valence-corrected chi connectivity index (χ1v) is 8.09. The number of aliphatic hydroxyl groups is 2. The van der Waals surface area contributed by atoms with Crippen LogP contribution in [0.2, 0.25) is 0 Å². The van der Waals surface area contributed by atoms with E-state index < -0.39 is 0 Å². The molecule has 116 valence electrons. The third-order valence-corrected chi connectivity index (χ3v) is 5.28. The fourth-order valence-electron chi connectivity index (χ4n) is 4.07. The molecule has 3 heteroatoms. The molecule has 0 aromatic heterocycles. The molecule has 2 aliphatic rings.